The molecule has 5 aromatic rings. The first-order valence-corrected chi connectivity index (χ1v) is 15.2. The number of allylic oxidation sites excluding steroid dienone is 4. The molecule has 1 aromatic heterocycles. The van der Waals surface area contributed by atoms with Gasteiger partial charge in [-0.25, -0.2) is 4.98 Å². The number of hydrogen-bond acceptors (Lipinski definition) is 4. The zero-order valence-electron chi connectivity index (χ0n) is 25.1. The lowest BCUT2D eigenvalue weighted by molar-refractivity contribution is 0.00578. The highest BCUT2D eigenvalue weighted by Gasteiger charge is 2.53. The van der Waals surface area contributed by atoms with Crippen molar-refractivity contribution in [2.24, 2.45) is 0 Å². The van der Waals surface area contributed by atoms with Crippen molar-refractivity contribution in [1.29, 1.82) is 0 Å². The Morgan fingerprint density at radius 2 is 1.44 bits per heavy atom. The smallest absolute Gasteiger partial charge is 0.436 e. The van der Waals surface area contributed by atoms with E-state index in [1.54, 1.807) is 0 Å². The van der Waals surface area contributed by atoms with E-state index in [4.69, 9.17) is 18.7 Å². The van der Waals surface area contributed by atoms with E-state index in [0.29, 0.717) is 5.89 Å². The number of hydrogen-bond donors (Lipinski definition) is 0. The highest BCUT2D eigenvalue weighted by Crippen LogP contribution is 2.56. The SMILES string of the molecule is CC1(C)OB(c2ccc3c(c2)C(c2ccccc2)(c2ccc4oc(C5=CCCC=C5)nc4c2)c2ccccc2-3)OC1(C)C. The lowest BCUT2D eigenvalue weighted by Gasteiger charge is -2.34. The van der Waals surface area contributed by atoms with Crippen LogP contribution in [0.1, 0.15) is 68.7 Å². The first kappa shape index (κ1) is 26.4. The third-order valence-corrected chi connectivity index (χ3v) is 9.86. The van der Waals surface area contributed by atoms with E-state index in [9.17, 15) is 0 Å². The van der Waals surface area contributed by atoms with Gasteiger partial charge < -0.3 is 13.7 Å². The summed E-state index contributed by atoms with van der Waals surface area (Å²) in [5, 5.41) is 0. The second kappa shape index (κ2) is 9.41. The maximum absolute atomic E-state index is 6.53. The zero-order valence-corrected chi connectivity index (χ0v) is 25.1. The quantitative estimate of drug-likeness (QED) is 0.203. The molecule has 4 nitrogen and oxygen atoms in total. The lowest BCUT2D eigenvalue weighted by Crippen LogP contribution is -2.41. The first-order valence-electron chi connectivity index (χ1n) is 15.2. The minimum atomic E-state index is -0.565. The van der Waals surface area contributed by atoms with E-state index >= 15 is 0 Å². The molecular formula is C38H34BNO3. The van der Waals surface area contributed by atoms with Crippen LogP contribution in [0.15, 0.2) is 114 Å². The molecule has 0 bridgehead atoms. The van der Waals surface area contributed by atoms with E-state index in [2.05, 4.69) is 137 Å². The van der Waals surface area contributed by atoms with Crippen LogP contribution in [0, 0.1) is 0 Å². The third-order valence-electron chi connectivity index (χ3n) is 9.86. The van der Waals surface area contributed by atoms with Gasteiger partial charge in [-0.15, -0.1) is 0 Å². The summed E-state index contributed by atoms with van der Waals surface area (Å²) in [6.45, 7) is 8.41. The predicted octanol–water partition coefficient (Wildman–Crippen LogP) is 8.22. The maximum Gasteiger partial charge on any atom is 0.494 e. The topological polar surface area (TPSA) is 44.5 Å². The lowest BCUT2D eigenvalue weighted by atomic mass is 9.66. The van der Waals surface area contributed by atoms with Gasteiger partial charge in [-0.3, -0.25) is 0 Å². The Hall–Kier alpha value is -4.19. The van der Waals surface area contributed by atoms with Crippen LogP contribution in [0.5, 0.6) is 0 Å². The number of fused-ring (bicyclic) bond motifs is 4. The molecule has 5 heteroatoms. The third kappa shape index (κ3) is 3.88. The van der Waals surface area contributed by atoms with Crippen molar-refractivity contribution in [3.63, 3.8) is 0 Å². The van der Waals surface area contributed by atoms with E-state index in [1.807, 2.05) is 0 Å². The Balaban J connectivity index is 1.37. The molecule has 4 aromatic carbocycles. The Labute approximate surface area is 253 Å². The van der Waals surface area contributed by atoms with Crippen LogP contribution in [0.4, 0.5) is 0 Å². The molecule has 2 heterocycles. The molecule has 43 heavy (non-hydrogen) atoms. The fourth-order valence-electron chi connectivity index (χ4n) is 6.96. The van der Waals surface area contributed by atoms with Gasteiger partial charge in [0.1, 0.15) is 5.52 Å². The summed E-state index contributed by atoms with van der Waals surface area (Å²) in [6.07, 6.45) is 8.56. The average molecular weight is 564 g/mol. The fraction of sp³-hybridized carbons (Fsp3) is 0.237. The Kier molecular flexibility index (Phi) is 5.78. The van der Waals surface area contributed by atoms with Gasteiger partial charge in [0.15, 0.2) is 5.58 Å². The van der Waals surface area contributed by atoms with Gasteiger partial charge in [-0.05, 0) is 91.5 Å². The van der Waals surface area contributed by atoms with E-state index < -0.39 is 23.7 Å². The van der Waals surface area contributed by atoms with Crippen LogP contribution >= 0.6 is 0 Å². The molecule has 0 N–H and O–H groups in total. The molecule has 8 rings (SSSR count). The summed E-state index contributed by atoms with van der Waals surface area (Å²) >= 11 is 0. The zero-order chi connectivity index (χ0) is 29.4. The molecule has 0 amide bonds. The van der Waals surface area contributed by atoms with Crippen molar-refractivity contribution in [3.05, 3.63) is 137 Å². The molecule has 212 valence electrons. The van der Waals surface area contributed by atoms with Gasteiger partial charge in [0.2, 0.25) is 5.89 Å². The van der Waals surface area contributed by atoms with Crippen LogP contribution in [-0.4, -0.2) is 23.3 Å². The van der Waals surface area contributed by atoms with Crippen molar-refractivity contribution in [2.45, 2.75) is 57.2 Å². The van der Waals surface area contributed by atoms with E-state index in [0.717, 1.165) is 40.5 Å². The van der Waals surface area contributed by atoms with Gasteiger partial charge >= 0.3 is 7.12 Å². The predicted molar refractivity (Wildman–Crippen MR) is 173 cm³/mol. The molecule has 1 atom stereocenters. The van der Waals surface area contributed by atoms with Gasteiger partial charge in [-0.2, -0.15) is 0 Å². The molecule has 0 radical (unpaired) electrons. The van der Waals surface area contributed by atoms with E-state index in [1.165, 1.54) is 27.8 Å². The maximum atomic E-state index is 6.53. The summed E-state index contributed by atoms with van der Waals surface area (Å²) < 4.78 is 19.3. The largest absolute Gasteiger partial charge is 0.494 e. The van der Waals surface area contributed by atoms with Crippen molar-refractivity contribution < 1.29 is 13.7 Å². The minimum absolute atomic E-state index is 0.422. The highest BCUT2D eigenvalue weighted by atomic mass is 16.7. The van der Waals surface area contributed by atoms with Crippen molar-refractivity contribution >= 4 is 29.3 Å². The number of aromatic nitrogens is 1. The Bertz CT molecular complexity index is 1930. The highest BCUT2D eigenvalue weighted by molar-refractivity contribution is 6.62. The van der Waals surface area contributed by atoms with Crippen molar-refractivity contribution in [1.82, 2.24) is 4.98 Å². The molecule has 3 aliphatic rings. The van der Waals surface area contributed by atoms with Crippen LogP contribution in [0.25, 0.3) is 27.8 Å². The standard InChI is InChI=1S/C38H34BNO3/c1-36(2)37(3,4)43-39(42-36)28-20-21-30-29-17-11-12-18-31(29)38(32(30)24-28,26-15-9-6-10-16-26)27-19-22-34-33(23-27)40-35(41-34)25-13-7-5-8-14-25/h6-7,9-24H,5,8H2,1-4H3. The second-order valence-electron chi connectivity index (χ2n) is 12.9. The van der Waals surface area contributed by atoms with Gasteiger partial charge in [0.05, 0.1) is 16.6 Å². The molecule has 1 fully saturated rings. The molecule has 1 saturated heterocycles. The molecule has 1 unspecified atom stereocenters. The number of rotatable bonds is 4. The van der Waals surface area contributed by atoms with Gasteiger partial charge in [-0.1, -0.05) is 97.1 Å². The molecule has 2 aliphatic carbocycles. The van der Waals surface area contributed by atoms with Crippen molar-refractivity contribution in [3.8, 4) is 11.1 Å². The number of benzene rings is 4. The summed E-state index contributed by atoms with van der Waals surface area (Å²) in [5.41, 5.74) is 9.58. The number of nitrogens with zero attached hydrogens (tertiary/aromatic N) is 1. The van der Waals surface area contributed by atoms with Crippen LogP contribution in [-0.2, 0) is 14.7 Å². The van der Waals surface area contributed by atoms with Crippen LogP contribution in [0.3, 0.4) is 0 Å². The summed E-state index contributed by atoms with van der Waals surface area (Å²) in [7, 11) is -0.454. The normalized spacial score (nSPS) is 21.6. The fourth-order valence-corrected chi connectivity index (χ4v) is 6.96. The second-order valence-corrected chi connectivity index (χ2v) is 12.9. The van der Waals surface area contributed by atoms with Gasteiger partial charge in [0, 0.05) is 5.57 Å². The Morgan fingerprint density at radius 1 is 0.698 bits per heavy atom. The monoisotopic (exact) mass is 563 g/mol. The summed E-state index contributed by atoms with van der Waals surface area (Å²) in [6, 6.07) is 32.8. The van der Waals surface area contributed by atoms with Crippen LogP contribution < -0.4 is 5.46 Å². The molecule has 0 spiro atoms. The first-order chi connectivity index (χ1) is 20.8. The van der Waals surface area contributed by atoms with E-state index in [-0.39, 0.29) is 0 Å². The summed E-state index contributed by atoms with van der Waals surface area (Å²) in [5.74, 6) is 0.673. The van der Waals surface area contributed by atoms with Crippen LogP contribution in [0.2, 0.25) is 0 Å². The molecule has 0 saturated carbocycles. The molecule has 1 aliphatic heterocycles. The summed E-state index contributed by atoms with van der Waals surface area (Å²) in [4.78, 5) is 4.99. The number of oxazole rings is 1. The minimum Gasteiger partial charge on any atom is -0.436 e. The average Bonchev–Trinajstić information content (AvgIpc) is 3.65. The Morgan fingerprint density at radius 3 is 2.21 bits per heavy atom. The van der Waals surface area contributed by atoms with Crippen molar-refractivity contribution in [2.75, 3.05) is 0 Å². The van der Waals surface area contributed by atoms with Gasteiger partial charge in [0.25, 0.3) is 0 Å². The molecular weight excluding hydrogens is 529 g/mol.